The molecule has 0 aromatic heterocycles. The van der Waals surface area contributed by atoms with Crippen LogP contribution in [0.15, 0.2) is 65.6 Å². The number of amides is 1. The molecule has 1 unspecified atom stereocenters. The Hall–Kier alpha value is -3.60. The second kappa shape index (κ2) is 14.7. The molecule has 0 saturated carbocycles. The molecule has 1 aliphatic heterocycles. The number of fused-ring (bicyclic) bond motifs is 1. The van der Waals surface area contributed by atoms with Gasteiger partial charge in [-0.15, -0.1) is 0 Å². The Bertz CT molecular complexity index is 1660. The normalized spacial score (nSPS) is 16.1. The van der Waals surface area contributed by atoms with Crippen molar-refractivity contribution < 1.29 is 50.5 Å². The van der Waals surface area contributed by atoms with Crippen LogP contribution in [0.2, 0.25) is 10.0 Å². The van der Waals surface area contributed by atoms with Gasteiger partial charge in [0.1, 0.15) is 0 Å². The van der Waals surface area contributed by atoms with Crippen molar-refractivity contribution in [2.45, 2.75) is 16.6 Å². The number of benzene rings is 3. The lowest BCUT2D eigenvalue weighted by Gasteiger charge is -2.31. The third kappa shape index (κ3) is 7.45. The van der Waals surface area contributed by atoms with Gasteiger partial charge in [0.15, 0.2) is 17.0 Å². The molecular weight excluding hydrogens is 666 g/mol. The van der Waals surface area contributed by atoms with Crippen LogP contribution in [0.1, 0.15) is 11.1 Å². The van der Waals surface area contributed by atoms with E-state index in [1.54, 1.807) is 30.3 Å². The maximum absolute atomic E-state index is 14.4. The van der Waals surface area contributed by atoms with E-state index in [0.717, 1.165) is 4.31 Å². The van der Waals surface area contributed by atoms with Crippen molar-refractivity contribution >= 4 is 50.8 Å². The maximum Gasteiger partial charge on any atom is 0.490 e. The fourth-order valence-corrected chi connectivity index (χ4v) is 6.40. The number of alkyl halides is 3. The highest BCUT2D eigenvalue weighted by molar-refractivity contribution is 7.93. The SMILES string of the molecule is COc1ccc(S(=O)(=O)N2C(=O)C(NCCOCCN)(c3ccccc3Cl)c3cc(Cl)ccc32)cc1OC.O=C(O)C(F)(F)F. The molecule has 45 heavy (non-hydrogen) atoms. The zero-order valence-corrected chi connectivity index (χ0v) is 26.1. The van der Waals surface area contributed by atoms with Crippen molar-refractivity contribution in [1.82, 2.24) is 5.32 Å². The molecule has 17 heteroatoms. The van der Waals surface area contributed by atoms with Gasteiger partial charge in [0.25, 0.3) is 15.9 Å². The number of carbonyl (C=O) groups is 2. The third-order valence-electron chi connectivity index (χ3n) is 6.40. The Labute approximate surface area is 266 Å². The van der Waals surface area contributed by atoms with Crippen molar-refractivity contribution in [2.24, 2.45) is 5.73 Å². The van der Waals surface area contributed by atoms with Crippen molar-refractivity contribution in [2.75, 3.05) is 44.8 Å². The van der Waals surface area contributed by atoms with Crippen LogP contribution in [0.3, 0.4) is 0 Å². The van der Waals surface area contributed by atoms with Crippen LogP contribution in [-0.4, -0.2) is 72.1 Å². The molecule has 3 aromatic carbocycles. The van der Waals surface area contributed by atoms with Gasteiger partial charge >= 0.3 is 12.1 Å². The Morgan fingerprint density at radius 2 is 1.64 bits per heavy atom. The first-order valence-electron chi connectivity index (χ1n) is 12.9. The standard InChI is InChI=1S/C26H27Cl2N3O6S.C2HF3O2/c1-35-23-10-8-18(16-24(23)36-2)38(33,34)31-22-9-7-17(27)15-20(22)26(25(31)32,30-12-14-37-13-11-29)19-5-3-4-6-21(19)28;3-2(4,5)1(6)7/h3-10,15-16,30H,11-14,29H2,1-2H3;(H,6,7). The second-order valence-electron chi connectivity index (χ2n) is 9.11. The number of rotatable bonds is 11. The molecule has 244 valence electrons. The number of methoxy groups -OCH3 is 2. The molecule has 1 atom stereocenters. The Morgan fingerprint density at radius 1 is 1.00 bits per heavy atom. The number of carboxylic acid groups (broad SMARTS) is 1. The van der Waals surface area contributed by atoms with Gasteiger partial charge in [0.2, 0.25) is 0 Å². The highest BCUT2D eigenvalue weighted by Crippen LogP contribution is 2.49. The van der Waals surface area contributed by atoms with E-state index in [9.17, 15) is 26.4 Å². The van der Waals surface area contributed by atoms with E-state index >= 15 is 0 Å². The van der Waals surface area contributed by atoms with Crippen LogP contribution in [-0.2, 0) is 29.9 Å². The van der Waals surface area contributed by atoms with E-state index in [4.69, 9.17) is 53.0 Å². The lowest BCUT2D eigenvalue weighted by molar-refractivity contribution is -0.192. The molecule has 0 bridgehead atoms. The number of nitrogens with two attached hydrogens (primary N) is 1. The summed E-state index contributed by atoms with van der Waals surface area (Å²) in [7, 11) is -1.59. The molecule has 1 aliphatic rings. The number of carboxylic acids is 1. The summed E-state index contributed by atoms with van der Waals surface area (Å²) in [4.78, 5) is 23.2. The Balaban J connectivity index is 0.000000707. The fourth-order valence-electron chi connectivity index (χ4n) is 4.47. The van der Waals surface area contributed by atoms with Gasteiger partial charge in [-0.3, -0.25) is 10.1 Å². The van der Waals surface area contributed by atoms with E-state index in [1.807, 2.05) is 0 Å². The number of nitrogens with one attached hydrogen (secondary N) is 1. The number of aliphatic carboxylic acids is 1. The summed E-state index contributed by atoms with van der Waals surface area (Å²) < 4.78 is 76.7. The Kier molecular flexibility index (Phi) is 11.7. The van der Waals surface area contributed by atoms with Crippen molar-refractivity contribution in [1.29, 1.82) is 0 Å². The molecule has 11 nitrogen and oxygen atoms in total. The average Bonchev–Trinajstić information content (AvgIpc) is 3.24. The van der Waals surface area contributed by atoms with Crippen LogP contribution in [0.4, 0.5) is 18.9 Å². The largest absolute Gasteiger partial charge is 0.493 e. The smallest absolute Gasteiger partial charge is 0.490 e. The summed E-state index contributed by atoms with van der Waals surface area (Å²) in [6.07, 6.45) is -5.08. The summed E-state index contributed by atoms with van der Waals surface area (Å²) in [5, 5.41) is 10.9. The number of anilines is 1. The van der Waals surface area contributed by atoms with Gasteiger partial charge in [-0.05, 0) is 36.4 Å². The number of hydrogen-bond donors (Lipinski definition) is 3. The highest BCUT2D eigenvalue weighted by atomic mass is 35.5. The maximum atomic E-state index is 14.4. The quantitative estimate of drug-likeness (QED) is 0.249. The van der Waals surface area contributed by atoms with Crippen molar-refractivity contribution in [3.63, 3.8) is 0 Å². The number of carbonyl (C=O) groups excluding carboxylic acids is 1. The number of sulfonamides is 1. The molecule has 0 saturated heterocycles. The lowest BCUT2D eigenvalue weighted by Crippen LogP contribution is -2.53. The van der Waals surface area contributed by atoms with E-state index in [-0.39, 0.29) is 34.5 Å². The van der Waals surface area contributed by atoms with Crippen LogP contribution in [0.5, 0.6) is 11.5 Å². The van der Waals surface area contributed by atoms with Crippen LogP contribution >= 0.6 is 23.2 Å². The Morgan fingerprint density at radius 3 is 2.22 bits per heavy atom. The monoisotopic (exact) mass is 693 g/mol. The first kappa shape index (κ1) is 35.9. The molecular formula is C28H28Cl2F3N3O8S. The first-order chi connectivity index (χ1) is 21.2. The third-order valence-corrected chi connectivity index (χ3v) is 8.66. The van der Waals surface area contributed by atoms with Gasteiger partial charge in [-0.25, -0.2) is 17.5 Å². The highest BCUT2D eigenvalue weighted by Gasteiger charge is 2.56. The minimum atomic E-state index is -5.08. The van der Waals surface area contributed by atoms with Gasteiger partial charge < -0.3 is 25.1 Å². The van der Waals surface area contributed by atoms with Crippen LogP contribution in [0, 0.1) is 0 Å². The second-order valence-corrected chi connectivity index (χ2v) is 11.7. The molecule has 0 spiro atoms. The van der Waals surface area contributed by atoms with E-state index < -0.39 is 33.6 Å². The molecule has 1 heterocycles. The van der Waals surface area contributed by atoms with Crippen molar-refractivity contribution in [3.8, 4) is 11.5 Å². The summed E-state index contributed by atoms with van der Waals surface area (Å²) in [6.45, 7) is 1.07. The summed E-state index contributed by atoms with van der Waals surface area (Å²) in [6, 6.07) is 15.5. The fraction of sp³-hybridized carbons (Fsp3) is 0.286. The number of ether oxygens (including phenoxy) is 3. The van der Waals surface area contributed by atoms with Gasteiger partial charge in [0, 0.05) is 40.3 Å². The lowest BCUT2D eigenvalue weighted by atomic mass is 9.83. The average molecular weight is 695 g/mol. The van der Waals surface area contributed by atoms with E-state index in [2.05, 4.69) is 5.32 Å². The van der Waals surface area contributed by atoms with Crippen LogP contribution < -0.4 is 24.8 Å². The van der Waals surface area contributed by atoms with E-state index in [0.29, 0.717) is 35.1 Å². The minimum Gasteiger partial charge on any atom is -0.493 e. The summed E-state index contributed by atoms with van der Waals surface area (Å²) in [5.74, 6) is -2.98. The topological polar surface area (TPSA) is 157 Å². The molecule has 4 N–H and O–H groups in total. The van der Waals surface area contributed by atoms with E-state index in [1.165, 1.54) is 44.6 Å². The molecule has 4 rings (SSSR count). The number of hydrogen-bond acceptors (Lipinski definition) is 9. The zero-order chi connectivity index (χ0) is 33.6. The molecule has 1 amide bonds. The number of nitrogens with zero attached hydrogens (tertiary/aromatic N) is 1. The summed E-state index contributed by atoms with van der Waals surface area (Å²) in [5.41, 5.74) is 4.69. The zero-order valence-electron chi connectivity index (χ0n) is 23.7. The molecule has 0 radical (unpaired) electrons. The first-order valence-corrected chi connectivity index (χ1v) is 15.1. The molecule has 0 fully saturated rings. The predicted molar refractivity (Wildman–Crippen MR) is 159 cm³/mol. The van der Waals surface area contributed by atoms with Gasteiger partial charge in [0.05, 0.1) is 38.0 Å². The number of halogens is 5. The van der Waals surface area contributed by atoms with Crippen LogP contribution in [0.25, 0.3) is 0 Å². The molecule has 0 aliphatic carbocycles. The van der Waals surface area contributed by atoms with Crippen molar-refractivity contribution in [3.05, 3.63) is 81.8 Å². The minimum absolute atomic E-state index is 0.143. The summed E-state index contributed by atoms with van der Waals surface area (Å²) >= 11 is 13.0. The predicted octanol–water partition coefficient (Wildman–Crippen LogP) is 4.19. The van der Waals surface area contributed by atoms with Gasteiger partial charge in [-0.1, -0.05) is 41.4 Å². The van der Waals surface area contributed by atoms with Gasteiger partial charge in [-0.2, -0.15) is 13.2 Å². The molecule has 3 aromatic rings.